The van der Waals surface area contributed by atoms with Gasteiger partial charge < -0.3 is 10.2 Å². The van der Waals surface area contributed by atoms with Gasteiger partial charge >= 0.3 is 0 Å². The maximum atomic E-state index is 4.49. The standard InChI is InChI=1S/C13H15N3.2ClH/c1-2-4-13-11(3-1)9-12(10-15-13)16-7-5-14-6-8-16;;/h1-4,9-10,14H,5-8H2;2*1H. The van der Waals surface area contributed by atoms with E-state index in [4.69, 9.17) is 0 Å². The van der Waals surface area contributed by atoms with Crippen molar-refractivity contribution in [3.8, 4) is 0 Å². The zero-order valence-corrected chi connectivity index (χ0v) is 11.6. The first-order valence-corrected chi connectivity index (χ1v) is 5.74. The van der Waals surface area contributed by atoms with E-state index in [1.165, 1.54) is 11.1 Å². The van der Waals surface area contributed by atoms with Crippen molar-refractivity contribution >= 4 is 41.4 Å². The topological polar surface area (TPSA) is 28.2 Å². The predicted octanol–water partition coefficient (Wildman–Crippen LogP) is 2.49. The lowest BCUT2D eigenvalue weighted by molar-refractivity contribution is 0.589. The molecular weight excluding hydrogens is 269 g/mol. The van der Waals surface area contributed by atoms with Gasteiger partial charge in [-0.3, -0.25) is 4.98 Å². The number of hydrogen-bond acceptors (Lipinski definition) is 3. The normalized spacial score (nSPS) is 14.8. The van der Waals surface area contributed by atoms with Crippen molar-refractivity contribution in [3.05, 3.63) is 36.5 Å². The maximum Gasteiger partial charge on any atom is 0.0703 e. The van der Waals surface area contributed by atoms with Crippen LogP contribution >= 0.6 is 24.8 Å². The van der Waals surface area contributed by atoms with Crippen molar-refractivity contribution < 1.29 is 0 Å². The Labute approximate surface area is 119 Å². The van der Waals surface area contributed by atoms with Crippen molar-refractivity contribution in [1.29, 1.82) is 0 Å². The fraction of sp³-hybridized carbons (Fsp3) is 0.308. The summed E-state index contributed by atoms with van der Waals surface area (Å²) in [5, 5.41) is 4.58. The van der Waals surface area contributed by atoms with Gasteiger partial charge in [0.25, 0.3) is 0 Å². The Kier molecular flexibility index (Phi) is 5.66. The molecule has 0 atom stereocenters. The number of hydrogen-bond donors (Lipinski definition) is 1. The molecule has 0 spiro atoms. The largest absolute Gasteiger partial charge is 0.368 e. The van der Waals surface area contributed by atoms with Gasteiger partial charge in [-0.2, -0.15) is 0 Å². The maximum absolute atomic E-state index is 4.49. The molecule has 1 aromatic carbocycles. The van der Waals surface area contributed by atoms with Gasteiger partial charge in [-0.15, -0.1) is 24.8 Å². The van der Waals surface area contributed by atoms with Gasteiger partial charge in [-0.25, -0.2) is 0 Å². The van der Waals surface area contributed by atoms with Gasteiger partial charge in [0, 0.05) is 31.6 Å². The summed E-state index contributed by atoms with van der Waals surface area (Å²) in [5.41, 5.74) is 2.31. The van der Waals surface area contributed by atoms with E-state index in [0.29, 0.717) is 0 Å². The Hall–Kier alpha value is -1.03. The van der Waals surface area contributed by atoms with E-state index in [1.54, 1.807) is 0 Å². The van der Waals surface area contributed by atoms with E-state index in [2.05, 4.69) is 39.5 Å². The van der Waals surface area contributed by atoms with Crippen molar-refractivity contribution in [2.45, 2.75) is 0 Å². The second kappa shape index (κ2) is 6.78. The Morgan fingerprint density at radius 2 is 1.78 bits per heavy atom. The average Bonchev–Trinajstić information content (AvgIpc) is 2.39. The number of fused-ring (bicyclic) bond motifs is 1. The Morgan fingerprint density at radius 1 is 1.06 bits per heavy atom. The third-order valence-electron chi connectivity index (χ3n) is 3.06. The highest BCUT2D eigenvalue weighted by Crippen LogP contribution is 2.19. The summed E-state index contributed by atoms with van der Waals surface area (Å²) in [6.45, 7) is 4.26. The number of nitrogens with one attached hydrogen (secondary N) is 1. The van der Waals surface area contributed by atoms with Gasteiger partial charge in [0.2, 0.25) is 0 Å². The van der Waals surface area contributed by atoms with Crippen LogP contribution in [0.2, 0.25) is 0 Å². The summed E-state index contributed by atoms with van der Waals surface area (Å²) in [7, 11) is 0. The molecule has 98 valence electrons. The molecule has 1 aliphatic rings. The third kappa shape index (κ3) is 3.05. The van der Waals surface area contributed by atoms with Crippen LogP contribution in [-0.2, 0) is 0 Å². The molecule has 0 radical (unpaired) electrons. The molecule has 0 aliphatic carbocycles. The third-order valence-corrected chi connectivity index (χ3v) is 3.06. The number of nitrogens with zero attached hydrogens (tertiary/aromatic N) is 2. The molecule has 1 N–H and O–H groups in total. The molecule has 3 rings (SSSR count). The van der Waals surface area contributed by atoms with Crippen molar-refractivity contribution in [2.75, 3.05) is 31.1 Å². The molecule has 1 aromatic heterocycles. The van der Waals surface area contributed by atoms with E-state index >= 15 is 0 Å². The van der Waals surface area contributed by atoms with Crippen molar-refractivity contribution in [3.63, 3.8) is 0 Å². The number of halogens is 2. The lowest BCUT2D eigenvalue weighted by Gasteiger charge is -2.29. The smallest absolute Gasteiger partial charge is 0.0703 e. The highest BCUT2D eigenvalue weighted by atomic mass is 35.5. The van der Waals surface area contributed by atoms with E-state index < -0.39 is 0 Å². The van der Waals surface area contributed by atoms with E-state index in [1.807, 2.05) is 12.3 Å². The minimum atomic E-state index is 0. The quantitative estimate of drug-likeness (QED) is 0.873. The summed E-state index contributed by atoms with van der Waals surface area (Å²) >= 11 is 0. The highest BCUT2D eigenvalue weighted by molar-refractivity contribution is 5.85. The minimum Gasteiger partial charge on any atom is -0.368 e. The average molecular weight is 286 g/mol. The molecule has 2 aromatic rings. The highest BCUT2D eigenvalue weighted by Gasteiger charge is 2.10. The molecule has 18 heavy (non-hydrogen) atoms. The SMILES string of the molecule is Cl.Cl.c1ccc2ncc(N3CCNCC3)cc2c1. The molecule has 2 heterocycles. The number of aromatic nitrogens is 1. The summed E-state index contributed by atoms with van der Waals surface area (Å²) in [6, 6.07) is 10.5. The zero-order chi connectivity index (χ0) is 10.8. The number of piperazine rings is 1. The Morgan fingerprint density at radius 3 is 2.56 bits per heavy atom. The van der Waals surface area contributed by atoms with E-state index in [9.17, 15) is 0 Å². The van der Waals surface area contributed by atoms with Gasteiger partial charge in [0.15, 0.2) is 0 Å². The van der Waals surface area contributed by atoms with Crippen molar-refractivity contribution in [1.82, 2.24) is 10.3 Å². The van der Waals surface area contributed by atoms with E-state index in [0.717, 1.165) is 31.7 Å². The monoisotopic (exact) mass is 285 g/mol. The van der Waals surface area contributed by atoms with Gasteiger partial charge in [-0.05, 0) is 12.1 Å². The van der Waals surface area contributed by atoms with Crippen LogP contribution < -0.4 is 10.2 Å². The second-order valence-corrected chi connectivity index (χ2v) is 4.12. The first-order chi connectivity index (χ1) is 7.93. The summed E-state index contributed by atoms with van der Waals surface area (Å²) in [6.07, 6.45) is 1.98. The van der Waals surface area contributed by atoms with E-state index in [-0.39, 0.29) is 24.8 Å². The molecule has 3 nitrogen and oxygen atoms in total. The first kappa shape index (κ1) is 15.0. The zero-order valence-electron chi connectivity index (χ0n) is 10.0. The Balaban J connectivity index is 0.000000810. The molecule has 0 amide bonds. The van der Waals surface area contributed by atoms with Crippen LogP contribution in [-0.4, -0.2) is 31.2 Å². The molecule has 0 bridgehead atoms. The molecule has 0 saturated carbocycles. The van der Waals surface area contributed by atoms with Crippen LogP contribution in [0.4, 0.5) is 5.69 Å². The molecule has 1 saturated heterocycles. The second-order valence-electron chi connectivity index (χ2n) is 4.12. The van der Waals surface area contributed by atoms with Crippen LogP contribution in [0.25, 0.3) is 10.9 Å². The lowest BCUT2D eigenvalue weighted by atomic mass is 10.2. The number of benzene rings is 1. The summed E-state index contributed by atoms with van der Waals surface area (Å²) in [4.78, 5) is 6.88. The number of rotatable bonds is 1. The van der Waals surface area contributed by atoms with Crippen LogP contribution in [0.5, 0.6) is 0 Å². The fourth-order valence-corrected chi connectivity index (χ4v) is 2.16. The fourth-order valence-electron chi connectivity index (χ4n) is 2.16. The first-order valence-electron chi connectivity index (χ1n) is 5.74. The minimum absolute atomic E-state index is 0. The predicted molar refractivity (Wildman–Crippen MR) is 81.3 cm³/mol. The summed E-state index contributed by atoms with van der Waals surface area (Å²) < 4.78 is 0. The van der Waals surface area contributed by atoms with Crippen LogP contribution in [0.1, 0.15) is 0 Å². The van der Waals surface area contributed by atoms with Gasteiger partial charge in [0.1, 0.15) is 0 Å². The molecule has 5 heteroatoms. The molecule has 1 aliphatic heterocycles. The van der Waals surface area contributed by atoms with Crippen LogP contribution in [0.15, 0.2) is 36.5 Å². The molecular formula is C13H17Cl2N3. The van der Waals surface area contributed by atoms with Crippen LogP contribution in [0, 0.1) is 0 Å². The van der Waals surface area contributed by atoms with Crippen molar-refractivity contribution in [2.24, 2.45) is 0 Å². The Bertz CT molecular complexity index is 498. The summed E-state index contributed by atoms with van der Waals surface area (Å²) in [5.74, 6) is 0. The number of pyridine rings is 1. The number of para-hydroxylation sites is 1. The lowest BCUT2D eigenvalue weighted by Crippen LogP contribution is -2.43. The molecule has 1 fully saturated rings. The van der Waals surface area contributed by atoms with Gasteiger partial charge in [0.05, 0.1) is 17.4 Å². The van der Waals surface area contributed by atoms with Gasteiger partial charge in [-0.1, -0.05) is 18.2 Å². The number of anilines is 1. The van der Waals surface area contributed by atoms with Crippen LogP contribution in [0.3, 0.4) is 0 Å². The molecule has 0 unspecified atom stereocenters.